The van der Waals surface area contributed by atoms with Crippen LogP contribution < -0.4 is 0 Å². The molecule has 2 heterocycles. The first-order valence-electron chi connectivity index (χ1n) is 12.9. The maximum absolute atomic E-state index is 5.30. The van der Waals surface area contributed by atoms with Crippen molar-refractivity contribution in [2.75, 3.05) is 0 Å². The van der Waals surface area contributed by atoms with Crippen LogP contribution in [0, 0.1) is 0 Å². The molecule has 38 heavy (non-hydrogen) atoms. The van der Waals surface area contributed by atoms with Gasteiger partial charge in [-0.3, -0.25) is 4.57 Å². The molecule has 3 heteroatoms. The molecule has 0 atom stereocenters. The van der Waals surface area contributed by atoms with Gasteiger partial charge in [0.25, 0.3) is 0 Å². The van der Waals surface area contributed by atoms with Crippen molar-refractivity contribution < 1.29 is 0 Å². The van der Waals surface area contributed by atoms with Crippen molar-refractivity contribution in [3.8, 4) is 22.8 Å². The first kappa shape index (κ1) is 21.0. The molecular formula is C35H23N3. The summed E-state index contributed by atoms with van der Waals surface area (Å²) in [5.41, 5.74) is 7.91. The lowest BCUT2D eigenvalue weighted by Gasteiger charge is -2.10. The maximum atomic E-state index is 5.30. The highest BCUT2D eigenvalue weighted by atomic mass is 15.1. The van der Waals surface area contributed by atoms with Gasteiger partial charge >= 0.3 is 0 Å². The minimum absolute atomic E-state index is 0.950. The molecule has 0 spiro atoms. The van der Waals surface area contributed by atoms with Crippen LogP contribution in [-0.4, -0.2) is 14.1 Å². The fourth-order valence-electron chi connectivity index (χ4n) is 5.80. The van der Waals surface area contributed by atoms with Crippen LogP contribution in [0.1, 0.15) is 0 Å². The van der Waals surface area contributed by atoms with Gasteiger partial charge in [0.15, 0.2) is 0 Å². The lowest BCUT2D eigenvalue weighted by atomic mass is 10.0. The monoisotopic (exact) mass is 485 g/mol. The van der Waals surface area contributed by atoms with Crippen LogP contribution in [0.25, 0.3) is 66.4 Å². The molecule has 0 unspecified atom stereocenters. The third kappa shape index (κ3) is 3.06. The van der Waals surface area contributed by atoms with Gasteiger partial charge in [0.1, 0.15) is 5.82 Å². The van der Waals surface area contributed by atoms with Crippen LogP contribution in [0.2, 0.25) is 0 Å². The quantitative estimate of drug-likeness (QED) is 0.245. The zero-order valence-corrected chi connectivity index (χ0v) is 20.6. The normalized spacial score (nSPS) is 11.7. The number of fused-ring (bicyclic) bond motifs is 6. The van der Waals surface area contributed by atoms with E-state index in [4.69, 9.17) is 4.98 Å². The molecule has 0 radical (unpaired) electrons. The van der Waals surface area contributed by atoms with Crippen molar-refractivity contribution in [3.63, 3.8) is 0 Å². The van der Waals surface area contributed by atoms with E-state index in [1.54, 1.807) is 0 Å². The first-order chi connectivity index (χ1) is 18.9. The van der Waals surface area contributed by atoms with Crippen LogP contribution in [0.3, 0.4) is 0 Å². The Morgan fingerprint density at radius 2 is 1.05 bits per heavy atom. The van der Waals surface area contributed by atoms with Crippen LogP contribution in [-0.2, 0) is 0 Å². The Balaban J connectivity index is 1.50. The van der Waals surface area contributed by atoms with E-state index in [0.29, 0.717) is 0 Å². The van der Waals surface area contributed by atoms with E-state index in [-0.39, 0.29) is 0 Å². The molecule has 8 aromatic rings. The van der Waals surface area contributed by atoms with Crippen molar-refractivity contribution in [1.29, 1.82) is 0 Å². The van der Waals surface area contributed by atoms with Crippen LogP contribution in [0.5, 0.6) is 0 Å². The van der Waals surface area contributed by atoms with Gasteiger partial charge in [0.2, 0.25) is 0 Å². The molecule has 0 saturated carbocycles. The van der Waals surface area contributed by atoms with Crippen molar-refractivity contribution in [2.45, 2.75) is 0 Å². The molecule has 6 aromatic carbocycles. The SMILES string of the molecule is c1ccc(-c2nc3c4cc5c6ccccc6n(-c6ccccc6)c5cc4ccc3n2-c2ccccc2)cc1. The van der Waals surface area contributed by atoms with E-state index in [1.807, 2.05) is 6.07 Å². The van der Waals surface area contributed by atoms with Crippen molar-refractivity contribution >= 4 is 43.6 Å². The molecule has 178 valence electrons. The Morgan fingerprint density at radius 1 is 0.421 bits per heavy atom. The minimum atomic E-state index is 0.950. The first-order valence-corrected chi connectivity index (χ1v) is 12.9. The van der Waals surface area contributed by atoms with Gasteiger partial charge in [-0.15, -0.1) is 0 Å². The zero-order chi connectivity index (χ0) is 25.1. The highest BCUT2D eigenvalue weighted by Crippen LogP contribution is 2.38. The number of imidazole rings is 1. The second kappa shape index (κ2) is 8.19. The molecule has 3 nitrogen and oxygen atoms in total. The molecule has 0 amide bonds. The van der Waals surface area contributed by atoms with Crippen molar-refractivity contribution in [2.24, 2.45) is 0 Å². The minimum Gasteiger partial charge on any atom is -0.309 e. The average molecular weight is 486 g/mol. The summed E-state index contributed by atoms with van der Waals surface area (Å²) in [4.78, 5) is 5.30. The summed E-state index contributed by atoms with van der Waals surface area (Å²) in [5.74, 6) is 0.950. The number of nitrogens with zero attached hydrogens (tertiary/aromatic N) is 3. The molecule has 0 saturated heterocycles. The lowest BCUT2D eigenvalue weighted by Crippen LogP contribution is -1.97. The second-order valence-electron chi connectivity index (χ2n) is 9.68. The van der Waals surface area contributed by atoms with E-state index in [0.717, 1.165) is 33.5 Å². The molecule has 0 bridgehead atoms. The molecule has 0 aliphatic heterocycles. The summed E-state index contributed by atoms with van der Waals surface area (Å²) < 4.78 is 4.65. The number of benzene rings is 6. The Labute approximate surface area is 219 Å². The summed E-state index contributed by atoms with van der Waals surface area (Å²) in [6, 6.07) is 49.4. The van der Waals surface area contributed by atoms with Crippen LogP contribution >= 0.6 is 0 Å². The van der Waals surface area contributed by atoms with Gasteiger partial charge in [-0.05, 0) is 53.9 Å². The molecule has 8 rings (SSSR count). The highest BCUT2D eigenvalue weighted by Gasteiger charge is 2.18. The maximum Gasteiger partial charge on any atom is 0.145 e. The van der Waals surface area contributed by atoms with Crippen molar-refractivity contribution in [1.82, 2.24) is 14.1 Å². The predicted octanol–water partition coefficient (Wildman–Crippen LogP) is 8.94. The van der Waals surface area contributed by atoms with Gasteiger partial charge in [0.05, 0.1) is 22.1 Å². The summed E-state index contributed by atoms with van der Waals surface area (Å²) in [7, 11) is 0. The number of aromatic nitrogens is 3. The number of hydrogen-bond acceptors (Lipinski definition) is 1. The third-order valence-electron chi connectivity index (χ3n) is 7.49. The van der Waals surface area contributed by atoms with E-state index < -0.39 is 0 Å². The van der Waals surface area contributed by atoms with Gasteiger partial charge in [-0.2, -0.15) is 0 Å². The number of para-hydroxylation sites is 3. The zero-order valence-electron chi connectivity index (χ0n) is 20.6. The molecule has 0 N–H and O–H groups in total. The van der Waals surface area contributed by atoms with E-state index >= 15 is 0 Å². The van der Waals surface area contributed by atoms with Crippen LogP contribution in [0.4, 0.5) is 0 Å². The molecule has 0 aliphatic carbocycles. The molecule has 0 fully saturated rings. The fraction of sp³-hybridized carbons (Fsp3) is 0. The smallest absolute Gasteiger partial charge is 0.145 e. The van der Waals surface area contributed by atoms with Crippen LogP contribution in [0.15, 0.2) is 140 Å². The van der Waals surface area contributed by atoms with Gasteiger partial charge in [-0.1, -0.05) is 91.0 Å². The average Bonchev–Trinajstić information content (AvgIpc) is 3.54. The summed E-state index contributed by atoms with van der Waals surface area (Å²) in [6.45, 7) is 0. The van der Waals surface area contributed by atoms with Gasteiger partial charge in [-0.25, -0.2) is 4.98 Å². The summed E-state index contributed by atoms with van der Waals surface area (Å²) in [6.07, 6.45) is 0. The molecular weight excluding hydrogens is 462 g/mol. The van der Waals surface area contributed by atoms with E-state index in [9.17, 15) is 0 Å². The Hall–Kier alpha value is -5.15. The summed E-state index contributed by atoms with van der Waals surface area (Å²) in [5, 5.41) is 4.83. The van der Waals surface area contributed by atoms with E-state index in [1.165, 1.54) is 32.9 Å². The van der Waals surface area contributed by atoms with Gasteiger partial charge < -0.3 is 4.57 Å². The Kier molecular flexibility index (Phi) is 4.52. The molecule has 0 aliphatic rings. The number of rotatable bonds is 3. The Morgan fingerprint density at radius 3 is 1.79 bits per heavy atom. The van der Waals surface area contributed by atoms with E-state index in [2.05, 4.69) is 143 Å². The Bertz CT molecular complexity index is 2100. The third-order valence-corrected chi connectivity index (χ3v) is 7.49. The standard InChI is InChI=1S/C35H23N3/c1-4-12-24(13-5-1)35-36-34-29-23-30-28-18-10-11-19-31(28)37(26-14-6-2-7-15-26)33(30)22-25(29)20-21-32(34)38(35)27-16-8-3-9-17-27/h1-23H. The van der Waals surface area contributed by atoms with Crippen molar-refractivity contribution in [3.05, 3.63) is 140 Å². The highest BCUT2D eigenvalue weighted by molar-refractivity contribution is 6.17. The number of hydrogen-bond donors (Lipinski definition) is 0. The molecule has 2 aromatic heterocycles. The topological polar surface area (TPSA) is 22.8 Å². The second-order valence-corrected chi connectivity index (χ2v) is 9.68. The lowest BCUT2D eigenvalue weighted by molar-refractivity contribution is 1.10. The van der Waals surface area contributed by atoms with Gasteiger partial charge in [0, 0.05) is 33.1 Å². The summed E-state index contributed by atoms with van der Waals surface area (Å²) >= 11 is 0. The largest absolute Gasteiger partial charge is 0.309 e. The fourth-order valence-corrected chi connectivity index (χ4v) is 5.80. The predicted molar refractivity (Wildman–Crippen MR) is 158 cm³/mol.